The number of hydrogen-bond acceptors (Lipinski definition) is 3. The minimum Gasteiger partial charge on any atom is -0.488 e. The van der Waals surface area contributed by atoms with Crippen molar-refractivity contribution < 1.29 is 9.53 Å². The van der Waals surface area contributed by atoms with Gasteiger partial charge < -0.3 is 9.30 Å². The van der Waals surface area contributed by atoms with Crippen molar-refractivity contribution in [3.63, 3.8) is 0 Å². The van der Waals surface area contributed by atoms with Crippen LogP contribution in [-0.4, -0.2) is 15.3 Å². The fourth-order valence-electron chi connectivity index (χ4n) is 2.35. The second-order valence-corrected chi connectivity index (χ2v) is 5.82. The van der Waals surface area contributed by atoms with Crippen LogP contribution in [0, 0.1) is 0 Å². The Morgan fingerprint density at radius 1 is 1.12 bits per heavy atom. The lowest BCUT2D eigenvalue weighted by molar-refractivity contribution is 0.0972. The van der Waals surface area contributed by atoms with Crippen LogP contribution in [-0.2, 0) is 13.2 Å². The third kappa shape index (κ3) is 4.24. The Morgan fingerprint density at radius 2 is 1.92 bits per heavy atom. The number of carbonyl (C=O) groups is 1. The smallest absolute Gasteiger partial charge is 0.168 e. The number of para-hydroxylation sites is 1. The van der Waals surface area contributed by atoms with Crippen molar-refractivity contribution in [3.8, 4) is 5.75 Å². The Kier molecular flexibility index (Phi) is 5.29. The Balaban J connectivity index is 1.65. The SMILES string of the molecule is O=C(CCn1ccnc1)c1ccccc1OCc1ccc(Cl)cc1. The van der Waals surface area contributed by atoms with E-state index in [0.29, 0.717) is 35.9 Å². The standard InChI is InChI=1S/C19H17ClN2O2/c20-16-7-5-15(6-8-16)13-24-19-4-2-1-3-17(19)18(23)9-11-22-12-10-21-14-22/h1-8,10,12,14H,9,11,13H2. The van der Waals surface area contributed by atoms with Gasteiger partial charge in [-0.25, -0.2) is 4.98 Å². The Morgan fingerprint density at radius 3 is 2.67 bits per heavy atom. The van der Waals surface area contributed by atoms with Crippen LogP contribution in [0.5, 0.6) is 5.75 Å². The summed E-state index contributed by atoms with van der Waals surface area (Å²) in [6, 6.07) is 14.8. The molecule has 0 amide bonds. The monoisotopic (exact) mass is 340 g/mol. The fraction of sp³-hybridized carbons (Fsp3) is 0.158. The molecule has 3 rings (SSSR count). The molecule has 0 spiro atoms. The molecule has 5 heteroatoms. The first-order chi connectivity index (χ1) is 11.7. The van der Waals surface area contributed by atoms with Crippen molar-refractivity contribution in [2.75, 3.05) is 0 Å². The number of ether oxygens (including phenoxy) is 1. The van der Waals surface area contributed by atoms with Crippen molar-refractivity contribution in [3.05, 3.63) is 83.4 Å². The van der Waals surface area contributed by atoms with Crippen LogP contribution in [0.3, 0.4) is 0 Å². The molecule has 122 valence electrons. The Hall–Kier alpha value is -2.59. The van der Waals surface area contributed by atoms with Crippen LogP contribution in [0.25, 0.3) is 0 Å². The number of halogens is 1. The molecule has 2 aromatic carbocycles. The van der Waals surface area contributed by atoms with Gasteiger partial charge in [-0.3, -0.25) is 4.79 Å². The van der Waals surface area contributed by atoms with E-state index in [-0.39, 0.29) is 5.78 Å². The van der Waals surface area contributed by atoms with Crippen molar-refractivity contribution in [2.24, 2.45) is 0 Å². The maximum Gasteiger partial charge on any atom is 0.168 e. The van der Waals surface area contributed by atoms with E-state index >= 15 is 0 Å². The van der Waals surface area contributed by atoms with Crippen molar-refractivity contribution in [1.29, 1.82) is 0 Å². The number of imidazole rings is 1. The molecule has 3 aromatic rings. The van der Waals surface area contributed by atoms with Gasteiger partial charge in [0.2, 0.25) is 0 Å². The van der Waals surface area contributed by atoms with Crippen LogP contribution < -0.4 is 4.74 Å². The molecule has 0 unspecified atom stereocenters. The number of aryl methyl sites for hydroxylation is 1. The quantitative estimate of drug-likeness (QED) is 0.599. The molecule has 0 saturated heterocycles. The van der Waals surface area contributed by atoms with Crippen molar-refractivity contribution in [1.82, 2.24) is 9.55 Å². The summed E-state index contributed by atoms with van der Waals surface area (Å²) in [7, 11) is 0. The minimum atomic E-state index is 0.0513. The van der Waals surface area contributed by atoms with Crippen molar-refractivity contribution >= 4 is 17.4 Å². The molecule has 0 aliphatic rings. The normalized spacial score (nSPS) is 10.5. The molecular weight excluding hydrogens is 324 g/mol. The largest absolute Gasteiger partial charge is 0.488 e. The fourth-order valence-corrected chi connectivity index (χ4v) is 2.47. The number of aromatic nitrogens is 2. The molecule has 0 radical (unpaired) electrons. The summed E-state index contributed by atoms with van der Waals surface area (Å²) in [5.74, 6) is 0.651. The molecular formula is C19H17ClN2O2. The third-order valence-electron chi connectivity index (χ3n) is 3.65. The van der Waals surface area contributed by atoms with E-state index < -0.39 is 0 Å². The summed E-state index contributed by atoms with van der Waals surface area (Å²) in [6.07, 6.45) is 5.65. The predicted molar refractivity (Wildman–Crippen MR) is 93.4 cm³/mol. The molecule has 1 heterocycles. The average molecular weight is 341 g/mol. The number of Topliss-reactive ketones (excluding diaryl/α,β-unsaturated/α-hetero) is 1. The molecule has 0 saturated carbocycles. The molecule has 0 bridgehead atoms. The number of rotatable bonds is 7. The van der Waals surface area contributed by atoms with Gasteiger partial charge in [-0.05, 0) is 29.8 Å². The molecule has 0 aliphatic carbocycles. The third-order valence-corrected chi connectivity index (χ3v) is 3.90. The maximum absolute atomic E-state index is 12.5. The first-order valence-corrected chi connectivity index (χ1v) is 8.05. The number of hydrogen-bond donors (Lipinski definition) is 0. The highest BCUT2D eigenvalue weighted by Crippen LogP contribution is 2.21. The molecule has 4 nitrogen and oxygen atoms in total. The average Bonchev–Trinajstić information content (AvgIpc) is 3.13. The number of nitrogens with zero attached hydrogens (tertiary/aromatic N) is 2. The van der Waals surface area contributed by atoms with E-state index in [1.54, 1.807) is 18.6 Å². The summed E-state index contributed by atoms with van der Waals surface area (Å²) in [5.41, 5.74) is 1.60. The van der Waals surface area contributed by atoms with Gasteiger partial charge in [-0.2, -0.15) is 0 Å². The summed E-state index contributed by atoms with van der Waals surface area (Å²) < 4.78 is 7.72. The van der Waals surface area contributed by atoms with Gasteiger partial charge >= 0.3 is 0 Å². The topological polar surface area (TPSA) is 44.1 Å². The highest BCUT2D eigenvalue weighted by Gasteiger charge is 2.12. The van der Waals surface area contributed by atoms with E-state index in [0.717, 1.165) is 5.56 Å². The number of carbonyl (C=O) groups excluding carboxylic acids is 1. The van der Waals surface area contributed by atoms with Gasteiger partial charge in [-0.15, -0.1) is 0 Å². The zero-order valence-electron chi connectivity index (χ0n) is 13.1. The predicted octanol–water partition coefficient (Wildman–Crippen LogP) is 4.39. The van der Waals surface area contributed by atoms with Crippen molar-refractivity contribution in [2.45, 2.75) is 19.6 Å². The van der Waals surface area contributed by atoms with E-state index in [2.05, 4.69) is 4.98 Å². The van der Waals surface area contributed by atoms with Crippen LogP contribution in [0.4, 0.5) is 0 Å². The molecule has 0 N–H and O–H groups in total. The highest BCUT2D eigenvalue weighted by molar-refractivity contribution is 6.30. The molecule has 0 atom stereocenters. The Labute approximate surface area is 145 Å². The summed E-state index contributed by atoms with van der Waals surface area (Å²) in [5, 5.41) is 0.689. The van der Waals surface area contributed by atoms with E-state index in [9.17, 15) is 4.79 Å². The van der Waals surface area contributed by atoms with E-state index in [4.69, 9.17) is 16.3 Å². The lowest BCUT2D eigenvalue weighted by atomic mass is 10.1. The minimum absolute atomic E-state index is 0.0513. The first-order valence-electron chi connectivity index (χ1n) is 7.67. The zero-order chi connectivity index (χ0) is 16.8. The van der Waals surface area contributed by atoms with E-state index in [1.807, 2.05) is 53.2 Å². The molecule has 24 heavy (non-hydrogen) atoms. The molecule has 0 aliphatic heterocycles. The van der Waals surface area contributed by atoms with Gasteiger partial charge in [0, 0.05) is 30.4 Å². The first kappa shape index (κ1) is 16.3. The highest BCUT2D eigenvalue weighted by atomic mass is 35.5. The van der Waals surface area contributed by atoms with Gasteiger partial charge in [0.1, 0.15) is 12.4 Å². The number of ketones is 1. The van der Waals surface area contributed by atoms with Crippen LogP contribution in [0.2, 0.25) is 5.02 Å². The lowest BCUT2D eigenvalue weighted by Crippen LogP contribution is -2.07. The lowest BCUT2D eigenvalue weighted by Gasteiger charge is -2.11. The van der Waals surface area contributed by atoms with E-state index in [1.165, 1.54) is 0 Å². The second-order valence-electron chi connectivity index (χ2n) is 5.38. The second kappa shape index (κ2) is 7.79. The summed E-state index contributed by atoms with van der Waals surface area (Å²) >= 11 is 5.88. The van der Waals surface area contributed by atoms with Gasteiger partial charge in [-0.1, -0.05) is 35.9 Å². The van der Waals surface area contributed by atoms with Crippen LogP contribution in [0.15, 0.2) is 67.3 Å². The zero-order valence-corrected chi connectivity index (χ0v) is 13.8. The maximum atomic E-state index is 12.5. The van der Waals surface area contributed by atoms with Gasteiger partial charge in [0.25, 0.3) is 0 Å². The molecule has 1 aromatic heterocycles. The van der Waals surface area contributed by atoms with Gasteiger partial charge in [0.15, 0.2) is 5.78 Å². The van der Waals surface area contributed by atoms with Gasteiger partial charge in [0.05, 0.1) is 11.9 Å². The van der Waals surface area contributed by atoms with Crippen LogP contribution in [0.1, 0.15) is 22.3 Å². The molecule has 0 fully saturated rings. The number of benzene rings is 2. The summed E-state index contributed by atoms with van der Waals surface area (Å²) in [4.78, 5) is 16.5. The summed E-state index contributed by atoms with van der Waals surface area (Å²) in [6.45, 7) is 0.993. The van der Waals surface area contributed by atoms with Crippen LogP contribution >= 0.6 is 11.6 Å². The Bertz CT molecular complexity index is 798.